The SMILES string of the molecule is NC(=NC(=O)c1cc(Cl)nc(OCC(F)(F)F)c1)c1cc[nH+]cc1. The zero-order chi connectivity index (χ0) is 17.7. The molecule has 0 fully saturated rings. The fraction of sp³-hybridized carbons (Fsp3) is 0.143. The maximum atomic E-state index is 12.2. The molecule has 126 valence electrons. The van der Waals surface area contributed by atoms with Crippen LogP contribution in [0.3, 0.4) is 0 Å². The van der Waals surface area contributed by atoms with Crippen molar-refractivity contribution in [1.82, 2.24) is 4.98 Å². The van der Waals surface area contributed by atoms with Gasteiger partial charge in [0.1, 0.15) is 11.0 Å². The number of carbonyl (C=O) groups excluding carboxylic acids is 1. The molecule has 10 heteroatoms. The summed E-state index contributed by atoms with van der Waals surface area (Å²) in [7, 11) is 0. The van der Waals surface area contributed by atoms with Crippen molar-refractivity contribution in [2.24, 2.45) is 10.7 Å². The molecule has 24 heavy (non-hydrogen) atoms. The summed E-state index contributed by atoms with van der Waals surface area (Å²) >= 11 is 5.69. The van der Waals surface area contributed by atoms with Crippen molar-refractivity contribution >= 4 is 23.3 Å². The molecule has 0 spiro atoms. The minimum absolute atomic E-state index is 0.0558. The van der Waals surface area contributed by atoms with Gasteiger partial charge in [-0.1, -0.05) is 11.6 Å². The second-order valence-electron chi connectivity index (χ2n) is 4.51. The Balaban J connectivity index is 2.22. The van der Waals surface area contributed by atoms with E-state index in [1.54, 1.807) is 24.5 Å². The maximum absolute atomic E-state index is 12.2. The van der Waals surface area contributed by atoms with E-state index >= 15 is 0 Å². The number of aromatic nitrogens is 2. The van der Waals surface area contributed by atoms with Crippen LogP contribution in [0.1, 0.15) is 15.9 Å². The van der Waals surface area contributed by atoms with Gasteiger partial charge in [-0.2, -0.15) is 18.2 Å². The number of alkyl halides is 3. The van der Waals surface area contributed by atoms with Crippen LogP contribution in [-0.4, -0.2) is 29.5 Å². The number of carbonyl (C=O) groups is 1. The van der Waals surface area contributed by atoms with Crippen LogP contribution in [0.15, 0.2) is 41.7 Å². The molecule has 0 radical (unpaired) electrons. The number of nitrogens with zero attached hydrogens (tertiary/aromatic N) is 2. The minimum atomic E-state index is -4.54. The zero-order valence-electron chi connectivity index (χ0n) is 12.0. The smallest absolute Gasteiger partial charge is 0.422 e. The van der Waals surface area contributed by atoms with Crippen molar-refractivity contribution in [3.8, 4) is 5.88 Å². The summed E-state index contributed by atoms with van der Waals surface area (Å²) in [5.74, 6) is -1.28. The van der Waals surface area contributed by atoms with Gasteiger partial charge in [0.05, 0.1) is 5.56 Å². The van der Waals surface area contributed by atoms with Crippen LogP contribution in [0, 0.1) is 0 Å². The van der Waals surface area contributed by atoms with Gasteiger partial charge in [-0.15, -0.1) is 0 Å². The molecule has 0 saturated heterocycles. The Bertz CT molecular complexity index is 766. The highest BCUT2D eigenvalue weighted by Crippen LogP contribution is 2.21. The van der Waals surface area contributed by atoms with Crippen molar-refractivity contribution in [3.63, 3.8) is 0 Å². The van der Waals surface area contributed by atoms with Gasteiger partial charge in [0.2, 0.25) is 5.88 Å². The van der Waals surface area contributed by atoms with Crippen LogP contribution in [0.25, 0.3) is 0 Å². The number of pyridine rings is 2. The predicted molar refractivity (Wildman–Crippen MR) is 78.8 cm³/mol. The van der Waals surface area contributed by atoms with Crippen LogP contribution in [0.5, 0.6) is 5.88 Å². The maximum Gasteiger partial charge on any atom is 0.422 e. The van der Waals surface area contributed by atoms with E-state index in [-0.39, 0.29) is 16.6 Å². The van der Waals surface area contributed by atoms with Gasteiger partial charge in [-0.3, -0.25) is 4.79 Å². The van der Waals surface area contributed by atoms with Crippen LogP contribution >= 0.6 is 11.6 Å². The fourth-order valence-electron chi connectivity index (χ4n) is 1.62. The predicted octanol–water partition coefficient (Wildman–Crippen LogP) is 2.04. The van der Waals surface area contributed by atoms with E-state index in [0.29, 0.717) is 5.56 Å². The van der Waals surface area contributed by atoms with Gasteiger partial charge in [0, 0.05) is 23.8 Å². The monoisotopic (exact) mass is 359 g/mol. The first-order chi connectivity index (χ1) is 11.2. The molecule has 0 aliphatic carbocycles. The number of nitrogens with two attached hydrogens (primary N) is 1. The second-order valence-corrected chi connectivity index (χ2v) is 4.90. The Morgan fingerprint density at radius 3 is 2.58 bits per heavy atom. The minimum Gasteiger partial charge on any atom is -0.468 e. The van der Waals surface area contributed by atoms with Gasteiger partial charge in [0.25, 0.3) is 5.91 Å². The molecule has 2 aromatic rings. The standard InChI is InChI=1S/C14H10ClF3N4O2/c15-10-5-9(6-11(21-10)24-7-14(16,17)18)13(23)22-12(19)8-1-3-20-4-2-8/h1-6H,7H2,(H2,19,22,23)/p+1. The number of nitrogens with one attached hydrogen (secondary N) is 1. The average molecular weight is 360 g/mol. The lowest BCUT2D eigenvalue weighted by molar-refractivity contribution is -0.378. The molecule has 1 amide bonds. The Morgan fingerprint density at radius 1 is 1.29 bits per heavy atom. The molecular formula is C14H11ClF3N4O2+. The number of rotatable bonds is 4. The first-order valence-corrected chi connectivity index (χ1v) is 6.84. The lowest BCUT2D eigenvalue weighted by Gasteiger charge is -2.09. The van der Waals surface area contributed by atoms with Crippen LogP contribution in [-0.2, 0) is 0 Å². The summed E-state index contributed by atoms with van der Waals surface area (Å²) < 4.78 is 41.0. The van der Waals surface area contributed by atoms with E-state index in [0.717, 1.165) is 12.1 Å². The normalized spacial score (nSPS) is 12.1. The van der Waals surface area contributed by atoms with Crippen LogP contribution in [0.2, 0.25) is 5.15 Å². The van der Waals surface area contributed by atoms with E-state index in [2.05, 4.69) is 19.7 Å². The summed E-state index contributed by atoms with van der Waals surface area (Å²) in [6, 6.07) is 5.36. The van der Waals surface area contributed by atoms with E-state index in [1.807, 2.05) is 0 Å². The molecule has 0 aliphatic rings. The number of aromatic amines is 1. The summed E-state index contributed by atoms with van der Waals surface area (Å²) in [5, 5.41) is -0.207. The number of amidine groups is 1. The van der Waals surface area contributed by atoms with E-state index in [4.69, 9.17) is 17.3 Å². The van der Waals surface area contributed by atoms with E-state index in [1.165, 1.54) is 0 Å². The van der Waals surface area contributed by atoms with Crippen molar-refractivity contribution in [1.29, 1.82) is 0 Å². The van der Waals surface area contributed by atoms with Crippen LogP contribution in [0.4, 0.5) is 13.2 Å². The quantitative estimate of drug-likeness (QED) is 0.513. The third kappa shape index (κ3) is 5.20. The van der Waals surface area contributed by atoms with Gasteiger partial charge >= 0.3 is 6.18 Å². The first-order valence-electron chi connectivity index (χ1n) is 6.47. The largest absolute Gasteiger partial charge is 0.468 e. The topological polar surface area (TPSA) is 91.7 Å². The molecule has 2 rings (SSSR count). The Labute approximate surface area is 139 Å². The third-order valence-electron chi connectivity index (χ3n) is 2.64. The highest BCUT2D eigenvalue weighted by molar-refractivity contribution is 6.29. The number of aliphatic imine (C=N–C) groups is 1. The summed E-state index contributed by atoms with van der Waals surface area (Å²) in [5.41, 5.74) is 6.11. The van der Waals surface area contributed by atoms with E-state index in [9.17, 15) is 18.0 Å². The van der Waals surface area contributed by atoms with Gasteiger partial charge in [0.15, 0.2) is 19.0 Å². The summed E-state index contributed by atoms with van der Waals surface area (Å²) in [6.07, 6.45) is -1.36. The Kier molecular flexibility index (Phi) is 5.35. The molecule has 2 heterocycles. The summed E-state index contributed by atoms with van der Waals surface area (Å²) in [6.45, 7) is -1.56. The van der Waals surface area contributed by atoms with Gasteiger partial charge in [-0.25, -0.2) is 9.97 Å². The molecule has 0 unspecified atom stereocenters. The molecule has 0 aliphatic heterocycles. The fourth-order valence-corrected chi connectivity index (χ4v) is 1.82. The van der Waals surface area contributed by atoms with Crippen molar-refractivity contribution < 1.29 is 27.7 Å². The van der Waals surface area contributed by atoms with Crippen molar-refractivity contribution in [2.45, 2.75) is 6.18 Å². The lowest BCUT2D eigenvalue weighted by Crippen LogP contribution is -2.20. The number of H-pyrrole nitrogens is 1. The molecule has 6 nitrogen and oxygen atoms in total. The molecule has 0 atom stereocenters. The lowest BCUT2D eigenvalue weighted by atomic mass is 10.2. The molecule has 0 saturated carbocycles. The van der Waals surface area contributed by atoms with Crippen molar-refractivity contribution in [2.75, 3.05) is 6.61 Å². The molecular weight excluding hydrogens is 349 g/mol. The number of amides is 1. The third-order valence-corrected chi connectivity index (χ3v) is 2.83. The first kappa shape index (κ1) is 17.7. The number of halogens is 4. The Morgan fingerprint density at radius 2 is 1.96 bits per heavy atom. The molecule has 3 N–H and O–H groups in total. The van der Waals surface area contributed by atoms with Gasteiger partial charge in [-0.05, 0) is 6.07 Å². The Hall–Kier alpha value is -2.68. The van der Waals surface area contributed by atoms with Crippen LogP contribution < -0.4 is 15.5 Å². The van der Waals surface area contributed by atoms with Gasteiger partial charge < -0.3 is 10.5 Å². The number of ether oxygens (including phenoxy) is 1. The highest BCUT2D eigenvalue weighted by atomic mass is 35.5. The van der Waals surface area contributed by atoms with E-state index < -0.39 is 24.6 Å². The van der Waals surface area contributed by atoms with Crippen molar-refractivity contribution in [3.05, 3.63) is 52.9 Å². The summed E-state index contributed by atoms with van der Waals surface area (Å²) in [4.78, 5) is 22.1. The zero-order valence-corrected chi connectivity index (χ0v) is 12.7. The average Bonchev–Trinajstić information content (AvgIpc) is 2.52. The molecule has 2 aromatic heterocycles. The highest BCUT2D eigenvalue weighted by Gasteiger charge is 2.29. The number of hydrogen-bond donors (Lipinski definition) is 1. The molecule has 0 bridgehead atoms. The molecule has 0 aromatic carbocycles. The second kappa shape index (κ2) is 7.26. The number of hydrogen-bond acceptors (Lipinski definition) is 3.